The summed E-state index contributed by atoms with van der Waals surface area (Å²) in [7, 11) is 1.66. The van der Waals surface area contributed by atoms with Gasteiger partial charge in [0.15, 0.2) is 11.4 Å². The van der Waals surface area contributed by atoms with Gasteiger partial charge in [0.25, 0.3) is 0 Å². The third-order valence-corrected chi connectivity index (χ3v) is 5.65. The number of carbonyl (C=O) groups excluding carboxylic acids is 1. The molecule has 0 unspecified atom stereocenters. The summed E-state index contributed by atoms with van der Waals surface area (Å²) in [5, 5.41) is 0. The normalized spacial score (nSPS) is 32.8. The van der Waals surface area contributed by atoms with E-state index >= 15 is 0 Å². The number of methoxy groups -OCH3 is 1. The van der Waals surface area contributed by atoms with E-state index in [9.17, 15) is 4.79 Å². The summed E-state index contributed by atoms with van der Waals surface area (Å²) in [4.78, 5) is 13.1. The van der Waals surface area contributed by atoms with Crippen molar-refractivity contribution in [2.24, 2.45) is 0 Å². The Kier molecular flexibility index (Phi) is 3.27. The van der Waals surface area contributed by atoms with Gasteiger partial charge in [-0.25, -0.2) is 0 Å². The molecule has 2 fully saturated rings. The average molecular weight is 336 g/mol. The van der Waals surface area contributed by atoms with Gasteiger partial charge in [-0.3, -0.25) is 4.79 Å². The lowest BCUT2D eigenvalue weighted by Crippen LogP contribution is -2.29. The summed E-state index contributed by atoms with van der Waals surface area (Å²) in [6.45, 7) is 0. The second-order valence-corrected chi connectivity index (χ2v) is 7.03. The van der Waals surface area contributed by atoms with Gasteiger partial charge in [0.1, 0.15) is 24.1 Å². The average Bonchev–Trinajstić information content (AvgIpc) is 3.55. The highest BCUT2D eigenvalue weighted by Gasteiger charge is 2.71. The summed E-state index contributed by atoms with van der Waals surface area (Å²) >= 11 is 0. The number of ketones is 1. The molecule has 1 spiro atoms. The van der Waals surface area contributed by atoms with Gasteiger partial charge in [0.2, 0.25) is 0 Å². The standard InChI is InChI=1S/C21H20O4/c1-23-16-11-5-4-10-15(16)17-18(24-17)20-21(25-20)12-6-8-13-7-2-3-9-14(13)19(21)22/h2-5,7,9-11,17-18,20H,6,8,12H2,1H3/t17-,18+,20+,21+/m1/s1. The molecule has 128 valence electrons. The maximum absolute atomic E-state index is 13.1. The fourth-order valence-corrected chi connectivity index (χ4v) is 4.26. The summed E-state index contributed by atoms with van der Waals surface area (Å²) < 4.78 is 17.4. The van der Waals surface area contributed by atoms with Crippen LogP contribution in [-0.4, -0.2) is 30.7 Å². The van der Waals surface area contributed by atoms with E-state index < -0.39 is 5.60 Å². The summed E-state index contributed by atoms with van der Waals surface area (Å²) in [6.07, 6.45) is 2.40. The zero-order valence-corrected chi connectivity index (χ0v) is 14.1. The number of carbonyl (C=O) groups is 1. The predicted octanol–water partition coefficient (Wildman–Crippen LogP) is 3.49. The Balaban J connectivity index is 1.40. The minimum atomic E-state index is -0.686. The van der Waals surface area contributed by atoms with Crippen LogP contribution < -0.4 is 4.74 Å². The molecule has 2 aliphatic heterocycles. The molecule has 3 aliphatic rings. The van der Waals surface area contributed by atoms with Crippen molar-refractivity contribution in [1.82, 2.24) is 0 Å². The van der Waals surface area contributed by atoms with E-state index in [1.807, 2.05) is 42.5 Å². The van der Waals surface area contributed by atoms with Crippen LogP contribution in [0, 0.1) is 0 Å². The van der Waals surface area contributed by atoms with E-state index in [1.54, 1.807) is 7.11 Å². The van der Waals surface area contributed by atoms with Crippen LogP contribution >= 0.6 is 0 Å². The zero-order valence-electron chi connectivity index (χ0n) is 14.1. The number of aryl methyl sites for hydroxylation is 1. The number of benzene rings is 2. The van der Waals surface area contributed by atoms with Gasteiger partial charge in [-0.15, -0.1) is 0 Å². The van der Waals surface area contributed by atoms with Crippen molar-refractivity contribution < 1.29 is 19.0 Å². The van der Waals surface area contributed by atoms with Gasteiger partial charge in [0, 0.05) is 11.1 Å². The Hall–Kier alpha value is -2.17. The number of Topliss-reactive ketones (excluding diaryl/α,β-unsaturated/α-hetero) is 1. The van der Waals surface area contributed by atoms with Crippen molar-refractivity contribution in [1.29, 1.82) is 0 Å². The van der Waals surface area contributed by atoms with Gasteiger partial charge in [-0.1, -0.05) is 42.5 Å². The number of para-hydroxylation sites is 1. The molecule has 0 aromatic heterocycles. The van der Waals surface area contributed by atoms with E-state index in [0.717, 1.165) is 41.7 Å². The molecule has 4 heteroatoms. The molecule has 0 amide bonds. The molecule has 0 N–H and O–H groups in total. The minimum Gasteiger partial charge on any atom is -0.496 e. The Morgan fingerprint density at radius 1 is 1.12 bits per heavy atom. The maximum Gasteiger partial charge on any atom is 0.197 e. The van der Waals surface area contributed by atoms with Crippen LogP contribution in [0.25, 0.3) is 0 Å². The molecular formula is C21H20O4. The number of ether oxygens (including phenoxy) is 3. The van der Waals surface area contributed by atoms with Gasteiger partial charge in [-0.2, -0.15) is 0 Å². The first kappa shape index (κ1) is 15.1. The fourth-order valence-electron chi connectivity index (χ4n) is 4.26. The molecule has 25 heavy (non-hydrogen) atoms. The first-order valence-electron chi connectivity index (χ1n) is 8.83. The topological polar surface area (TPSA) is 51.4 Å². The number of epoxide rings is 2. The van der Waals surface area contributed by atoms with Crippen LogP contribution in [0.1, 0.15) is 40.4 Å². The molecular weight excluding hydrogens is 316 g/mol. The van der Waals surface area contributed by atoms with Gasteiger partial charge in [0.05, 0.1) is 7.11 Å². The monoisotopic (exact) mass is 336 g/mol. The Labute approximate surface area is 146 Å². The van der Waals surface area contributed by atoms with Gasteiger partial charge in [-0.05, 0) is 30.9 Å². The molecule has 5 rings (SSSR count). The summed E-state index contributed by atoms with van der Waals surface area (Å²) in [5.41, 5.74) is 2.30. The Morgan fingerprint density at radius 2 is 1.92 bits per heavy atom. The lowest BCUT2D eigenvalue weighted by Gasteiger charge is -2.09. The Bertz CT molecular complexity index is 845. The first-order chi connectivity index (χ1) is 12.2. The van der Waals surface area contributed by atoms with Crippen LogP contribution in [0.4, 0.5) is 0 Å². The highest BCUT2D eigenvalue weighted by Crippen LogP contribution is 2.57. The second-order valence-electron chi connectivity index (χ2n) is 7.03. The predicted molar refractivity (Wildman–Crippen MR) is 91.9 cm³/mol. The molecule has 1 aliphatic carbocycles. The van der Waals surface area contributed by atoms with Gasteiger partial charge >= 0.3 is 0 Å². The van der Waals surface area contributed by atoms with E-state index in [-0.39, 0.29) is 24.1 Å². The molecule has 2 aromatic carbocycles. The molecule has 0 radical (unpaired) electrons. The van der Waals surface area contributed by atoms with Crippen molar-refractivity contribution in [3.8, 4) is 5.75 Å². The largest absolute Gasteiger partial charge is 0.496 e. The number of hydrogen-bond donors (Lipinski definition) is 0. The van der Waals surface area contributed by atoms with Gasteiger partial charge < -0.3 is 14.2 Å². The maximum atomic E-state index is 13.1. The summed E-state index contributed by atoms with van der Waals surface area (Å²) in [6, 6.07) is 15.8. The molecule has 4 atom stereocenters. The quantitative estimate of drug-likeness (QED) is 0.805. The molecule has 4 nitrogen and oxygen atoms in total. The third-order valence-electron chi connectivity index (χ3n) is 5.65. The smallest absolute Gasteiger partial charge is 0.197 e. The molecule has 0 bridgehead atoms. The van der Waals surface area contributed by atoms with E-state index in [1.165, 1.54) is 0 Å². The SMILES string of the molecule is COc1ccccc1[C@H]1O[C@@H]1[C@@H]1O[C@]12CCCc1ccccc1C2=O. The highest BCUT2D eigenvalue weighted by molar-refractivity contribution is 6.06. The molecule has 2 saturated heterocycles. The van der Waals surface area contributed by atoms with E-state index in [0.29, 0.717) is 0 Å². The van der Waals surface area contributed by atoms with Crippen LogP contribution in [0.15, 0.2) is 48.5 Å². The first-order valence-corrected chi connectivity index (χ1v) is 8.83. The van der Waals surface area contributed by atoms with Crippen LogP contribution in [-0.2, 0) is 15.9 Å². The van der Waals surface area contributed by atoms with E-state index in [4.69, 9.17) is 14.2 Å². The molecule has 2 heterocycles. The van der Waals surface area contributed by atoms with Crippen LogP contribution in [0.5, 0.6) is 5.75 Å². The van der Waals surface area contributed by atoms with Crippen molar-refractivity contribution in [3.05, 3.63) is 65.2 Å². The lowest BCUT2D eigenvalue weighted by atomic mass is 9.89. The zero-order chi connectivity index (χ0) is 17.0. The molecule has 0 saturated carbocycles. The number of rotatable bonds is 3. The fraction of sp³-hybridized carbons (Fsp3) is 0.381. The van der Waals surface area contributed by atoms with E-state index in [2.05, 4.69) is 6.07 Å². The van der Waals surface area contributed by atoms with Crippen LogP contribution in [0.2, 0.25) is 0 Å². The highest BCUT2D eigenvalue weighted by atomic mass is 16.7. The lowest BCUT2D eigenvalue weighted by molar-refractivity contribution is 0.0867. The third kappa shape index (κ3) is 2.25. The van der Waals surface area contributed by atoms with Crippen LogP contribution in [0.3, 0.4) is 0 Å². The van der Waals surface area contributed by atoms with Crippen molar-refractivity contribution in [3.63, 3.8) is 0 Å². The molecule has 2 aromatic rings. The van der Waals surface area contributed by atoms with Crippen molar-refractivity contribution >= 4 is 5.78 Å². The van der Waals surface area contributed by atoms with Crippen molar-refractivity contribution in [2.75, 3.05) is 7.11 Å². The number of fused-ring (bicyclic) bond motifs is 1. The second kappa shape index (κ2) is 5.41. The summed E-state index contributed by atoms with van der Waals surface area (Å²) in [5.74, 6) is 0.946. The minimum absolute atomic E-state index is 0.0492. The van der Waals surface area contributed by atoms with Crippen molar-refractivity contribution in [2.45, 2.75) is 43.2 Å². The Morgan fingerprint density at radius 3 is 2.80 bits per heavy atom. The number of hydrogen-bond acceptors (Lipinski definition) is 4.